The third-order valence-electron chi connectivity index (χ3n) is 5.56. The number of carbonyl (C=O) groups is 3. The monoisotopic (exact) mass is 651 g/mol. The zero-order valence-corrected chi connectivity index (χ0v) is 26.4. The van der Waals surface area contributed by atoms with Crippen molar-refractivity contribution in [2.45, 2.75) is 31.1 Å². The maximum Gasteiger partial charge on any atom is 0.327 e. The van der Waals surface area contributed by atoms with Crippen LogP contribution in [0.4, 0.5) is 0 Å². The fourth-order valence-corrected chi connectivity index (χ4v) is 4.43. The van der Waals surface area contributed by atoms with Crippen molar-refractivity contribution in [3.8, 4) is 0 Å². The molecule has 5 N–H and O–H groups in total. The third-order valence-corrected chi connectivity index (χ3v) is 6.87. The van der Waals surface area contributed by atoms with Gasteiger partial charge in [0, 0.05) is 25.0 Å². The van der Waals surface area contributed by atoms with Gasteiger partial charge in [-0.1, -0.05) is 6.92 Å². The van der Waals surface area contributed by atoms with E-state index in [1.54, 1.807) is 0 Å². The summed E-state index contributed by atoms with van der Waals surface area (Å²) in [4.78, 5) is 39.3. The number of rotatable bonds is 29. The zero-order chi connectivity index (χ0) is 32.1. The van der Waals surface area contributed by atoms with Crippen LogP contribution in [0.25, 0.3) is 0 Å². The van der Waals surface area contributed by atoms with E-state index in [1.807, 2.05) is 0 Å². The molecule has 1 saturated heterocycles. The average Bonchev–Trinajstić information content (AvgIpc) is 3.01. The first-order valence-electron chi connectivity index (χ1n) is 14.7. The normalized spacial score (nSPS) is 17.2. The fraction of sp³-hybridized carbons (Fsp3) is 0.815. The second kappa shape index (κ2) is 28.1. The molecule has 17 heteroatoms. The van der Waals surface area contributed by atoms with Crippen molar-refractivity contribution in [3.63, 3.8) is 0 Å². The summed E-state index contributed by atoms with van der Waals surface area (Å²) in [7, 11) is 0. The molecular weight excluding hydrogens is 602 g/mol. The van der Waals surface area contributed by atoms with Crippen LogP contribution in [0.3, 0.4) is 0 Å². The lowest BCUT2D eigenvalue weighted by Crippen LogP contribution is -2.51. The van der Waals surface area contributed by atoms with Crippen molar-refractivity contribution in [2.24, 2.45) is 15.9 Å². The van der Waals surface area contributed by atoms with Gasteiger partial charge in [-0.05, 0) is 6.42 Å². The maximum atomic E-state index is 12.2. The van der Waals surface area contributed by atoms with Crippen molar-refractivity contribution in [1.82, 2.24) is 10.6 Å². The van der Waals surface area contributed by atoms with Gasteiger partial charge in [0.1, 0.15) is 6.04 Å². The Kier molecular flexibility index (Phi) is 25.3. The van der Waals surface area contributed by atoms with Crippen molar-refractivity contribution < 1.29 is 52.6 Å². The lowest BCUT2D eigenvalue weighted by molar-refractivity contribution is -0.141. The number of carboxylic acid groups (broad SMARTS) is 1. The van der Waals surface area contributed by atoms with Gasteiger partial charge in [0.25, 0.3) is 0 Å². The van der Waals surface area contributed by atoms with Gasteiger partial charge >= 0.3 is 5.97 Å². The molecule has 2 atom stereocenters. The largest absolute Gasteiger partial charge is 0.480 e. The van der Waals surface area contributed by atoms with E-state index < -0.39 is 23.2 Å². The molecule has 0 aromatic rings. The topological polar surface area (TPSA) is 211 Å². The molecule has 0 saturated carbocycles. The predicted octanol–water partition coefficient (Wildman–Crippen LogP) is -0.911. The number of hydrazone groups is 1. The first-order chi connectivity index (χ1) is 21.5. The molecule has 0 aromatic carbocycles. The minimum absolute atomic E-state index is 0.0405. The Morgan fingerprint density at radius 1 is 0.886 bits per heavy atom. The Bertz CT molecular complexity index is 838. The summed E-state index contributed by atoms with van der Waals surface area (Å²) in [5.74, 6) is 3.59. The highest BCUT2D eigenvalue weighted by atomic mass is 32.2. The van der Waals surface area contributed by atoms with E-state index in [4.69, 9.17) is 44.1 Å². The number of thioether (sulfide) groups is 1. The highest BCUT2D eigenvalue weighted by Gasteiger charge is 2.33. The number of nitrogens with one attached hydrogen (secondary N) is 2. The summed E-state index contributed by atoms with van der Waals surface area (Å²) < 4.78 is 37.9. The van der Waals surface area contributed by atoms with Crippen molar-refractivity contribution >= 4 is 41.5 Å². The van der Waals surface area contributed by atoms with Crippen LogP contribution in [0.5, 0.6) is 0 Å². The number of hydrogen-bond acceptors (Lipinski definition) is 14. The Labute approximate surface area is 263 Å². The van der Waals surface area contributed by atoms with E-state index in [2.05, 4.69) is 27.7 Å². The van der Waals surface area contributed by atoms with Gasteiger partial charge in [0.15, 0.2) is 0 Å². The van der Waals surface area contributed by atoms with E-state index >= 15 is 0 Å². The average molecular weight is 652 g/mol. The van der Waals surface area contributed by atoms with Crippen molar-refractivity contribution in [2.75, 3.05) is 111 Å². The summed E-state index contributed by atoms with van der Waals surface area (Å²) in [5, 5.41) is 16.9. The molecule has 254 valence electrons. The lowest BCUT2D eigenvalue weighted by Gasteiger charge is -2.25. The molecule has 1 aliphatic heterocycles. The molecule has 0 radical (unpaired) electrons. The summed E-state index contributed by atoms with van der Waals surface area (Å²) in [6.45, 7) is 9.56. The second-order valence-corrected chi connectivity index (χ2v) is 10.4. The zero-order valence-electron chi connectivity index (χ0n) is 25.6. The molecule has 2 amide bonds. The molecule has 0 aliphatic carbocycles. The number of aliphatic imine (C=N–C) groups is 1. The number of carboxylic acids is 1. The third kappa shape index (κ3) is 22.2. The van der Waals surface area contributed by atoms with Crippen LogP contribution in [0.1, 0.15) is 19.8 Å². The van der Waals surface area contributed by atoms with Crippen LogP contribution in [0.15, 0.2) is 10.1 Å². The summed E-state index contributed by atoms with van der Waals surface area (Å²) in [6.07, 6.45) is 2.36. The molecule has 1 fully saturated rings. The van der Waals surface area contributed by atoms with Crippen LogP contribution in [-0.4, -0.2) is 157 Å². The molecule has 0 aromatic heterocycles. The van der Waals surface area contributed by atoms with Gasteiger partial charge in [0.2, 0.25) is 11.8 Å². The summed E-state index contributed by atoms with van der Waals surface area (Å²) in [6, 6.07) is -0.943. The van der Waals surface area contributed by atoms with E-state index in [-0.39, 0.29) is 24.6 Å². The molecule has 16 nitrogen and oxygen atoms in total. The van der Waals surface area contributed by atoms with E-state index in [0.29, 0.717) is 98.1 Å². The number of nitrogens with zero attached hydrogens (tertiary/aromatic N) is 2. The first-order valence-corrected chi connectivity index (χ1v) is 15.7. The molecule has 1 heterocycles. The Hall–Kier alpha value is -2.38. The van der Waals surface area contributed by atoms with E-state index in [0.717, 1.165) is 24.8 Å². The molecule has 44 heavy (non-hydrogen) atoms. The van der Waals surface area contributed by atoms with Crippen LogP contribution in [0, 0.1) is 0 Å². The molecule has 1 rings (SSSR count). The van der Waals surface area contributed by atoms with Gasteiger partial charge in [-0.3, -0.25) is 14.6 Å². The molecular formula is C27H49N5O11S. The Balaban J connectivity index is 1.87. The van der Waals surface area contributed by atoms with Crippen LogP contribution in [-0.2, 0) is 47.5 Å². The molecule has 0 bridgehead atoms. The summed E-state index contributed by atoms with van der Waals surface area (Å²) in [5.41, 5.74) is 0.345. The minimum Gasteiger partial charge on any atom is -0.480 e. The van der Waals surface area contributed by atoms with E-state index in [9.17, 15) is 14.4 Å². The van der Waals surface area contributed by atoms with Crippen LogP contribution < -0.4 is 16.5 Å². The number of amides is 2. The van der Waals surface area contributed by atoms with Gasteiger partial charge in [-0.15, -0.1) is 11.8 Å². The number of ether oxygens (including phenoxy) is 7. The highest BCUT2D eigenvalue weighted by Crippen LogP contribution is 2.21. The quantitative estimate of drug-likeness (QED) is 0.0334. The molecule has 1 aliphatic rings. The standard InChI is InChI=1S/C27H49N5O11S/c1-2-4-37-6-8-39-10-12-41-14-16-43-17-15-42-13-11-40-9-7-38-5-3-29-19-22(32-28)20-30-25(33)18-24-26(34)31-23(21-44-24)27(35)36/h19,23-24H,2-18,20-21,28H2,1H3,(H,30,33)(H,31,34)(H,35,36). The Morgan fingerprint density at radius 3 is 1.80 bits per heavy atom. The van der Waals surface area contributed by atoms with Gasteiger partial charge in [-0.2, -0.15) is 5.10 Å². The predicted molar refractivity (Wildman–Crippen MR) is 164 cm³/mol. The lowest BCUT2D eigenvalue weighted by atomic mass is 10.2. The van der Waals surface area contributed by atoms with Crippen molar-refractivity contribution in [3.05, 3.63) is 0 Å². The SMILES string of the molecule is CCCOCCOCCOCCOCCOCCOCCOCCN=CC(CNC(=O)CC1SCC(C(=O)O)NC1=O)=NN. The number of carbonyl (C=O) groups excluding carboxylic acids is 2. The number of nitrogens with two attached hydrogens (primary N) is 1. The van der Waals surface area contributed by atoms with Crippen molar-refractivity contribution in [1.29, 1.82) is 0 Å². The maximum absolute atomic E-state index is 12.2. The van der Waals surface area contributed by atoms with E-state index in [1.165, 1.54) is 6.21 Å². The summed E-state index contributed by atoms with van der Waals surface area (Å²) >= 11 is 1.14. The van der Waals surface area contributed by atoms with Crippen LogP contribution in [0.2, 0.25) is 0 Å². The number of hydrogen-bond donors (Lipinski definition) is 4. The minimum atomic E-state index is -1.10. The van der Waals surface area contributed by atoms with Gasteiger partial charge < -0.3 is 54.7 Å². The highest BCUT2D eigenvalue weighted by molar-refractivity contribution is 8.00. The smallest absolute Gasteiger partial charge is 0.327 e. The van der Waals surface area contributed by atoms with Gasteiger partial charge in [0.05, 0.1) is 110 Å². The first kappa shape index (κ1) is 39.6. The molecule has 2 unspecified atom stereocenters. The Morgan fingerprint density at radius 2 is 1.36 bits per heavy atom. The fourth-order valence-electron chi connectivity index (χ4n) is 3.29. The van der Waals surface area contributed by atoms with Crippen LogP contribution >= 0.6 is 11.8 Å². The molecule has 0 spiro atoms. The van der Waals surface area contributed by atoms with Gasteiger partial charge in [-0.25, -0.2) is 4.79 Å². The second-order valence-electron chi connectivity index (χ2n) is 9.14. The number of aliphatic carboxylic acids is 1.